The Bertz CT molecular complexity index is 1090. The summed E-state index contributed by atoms with van der Waals surface area (Å²) in [6.45, 7) is 2.99. The van der Waals surface area contributed by atoms with Crippen molar-refractivity contribution in [3.63, 3.8) is 0 Å². The third-order valence-corrected chi connectivity index (χ3v) is 4.00. The topological polar surface area (TPSA) is 110 Å². The van der Waals surface area contributed by atoms with Crippen molar-refractivity contribution in [1.29, 1.82) is 0 Å². The SMILES string of the molecule is CC(O)Cn1c(=O)c(Oc2ccc(F)cc2F)cc2cnc(N[C@H](C)CO)nc21. The summed E-state index contributed by atoms with van der Waals surface area (Å²) in [6.07, 6.45) is 0.553. The van der Waals surface area contributed by atoms with E-state index < -0.39 is 23.3 Å². The highest BCUT2D eigenvalue weighted by Crippen LogP contribution is 2.25. The van der Waals surface area contributed by atoms with Gasteiger partial charge in [0.2, 0.25) is 5.95 Å². The Morgan fingerprint density at radius 3 is 2.66 bits per heavy atom. The van der Waals surface area contributed by atoms with Crippen molar-refractivity contribution in [1.82, 2.24) is 14.5 Å². The number of halogens is 2. The number of benzene rings is 1. The van der Waals surface area contributed by atoms with E-state index >= 15 is 0 Å². The molecule has 0 aliphatic heterocycles. The smallest absolute Gasteiger partial charge is 0.295 e. The van der Waals surface area contributed by atoms with Crippen molar-refractivity contribution in [2.24, 2.45) is 0 Å². The van der Waals surface area contributed by atoms with E-state index in [0.717, 1.165) is 12.1 Å². The van der Waals surface area contributed by atoms with Gasteiger partial charge in [0.15, 0.2) is 17.3 Å². The number of fused-ring (bicyclic) bond motifs is 1. The van der Waals surface area contributed by atoms with Crippen molar-refractivity contribution < 1.29 is 23.7 Å². The first-order valence-electron chi connectivity index (χ1n) is 8.87. The largest absolute Gasteiger partial charge is 0.448 e. The Morgan fingerprint density at radius 1 is 1.24 bits per heavy atom. The molecule has 1 aromatic carbocycles. The Balaban J connectivity index is 2.11. The van der Waals surface area contributed by atoms with Crippen LogP contribution in [-0.4, -0.2) is 43.5 Å². The fourth-order valence-electron chi connectivity index (χ4n) is 2.65. The minimum Gasteiger partial charge on any atom is -0.448 e. The van der Waals surface area contributed by atoms with Crippen LogP contribution in [0.5, 0.6) is 11.5 Å². The third-order valence-electron chi connectivity index (χ3n) is 4.00. The molecule has 29 heavy (non-hydrogen) atoms. The Morgan fingerprint density at radius 2 is 2.00 bits per heavy atom. The molecule has 0 saturated heterocycles. The molecule has 0 fully saturated rings. The summed E-state index contributed by atoms with van der Waals surface area (Å²) < 4.78 is 33.6. The minimum atomic E-state index is -0.958. The van der Waals surface area contributed by atoms with Crippen LogP contribution >= 0.6 is 0 Å². The summed E-state index contributed by atoms with van der Waals surface area (Å²) in [5, 5.41) is 22.3. The maximum atomic E-state index is 13.9. The summed E-state index contributed by atoms with van der Waals surface area (Å²) in [5.74, 6) is -2.08. The van der Waals surface area contributed by atoms with Gasteiger partial charge in [-0.2, -0.15) is 4.98 Å². The number of aromatic nitrogens is 3. The average Bonchev–Trinajstić information content (AvgIpc) is 2.67. The second-order valence-corrected chi connectivity index (χ2v) is 6.65. The highest BCUT2D eigenvalue weighted by Gasteiger charge is 2.17. The molecule has 0 aliphatic carbocycles. The van der Waals surface area contributed by atoms with E-state index in [-0.39, 0.29) is 42.3 Å². The first-order chi connectivity index (χ1) is 13.8. The van der Waals surface area contributed by atoms with Crippen LogP contribution in [-0.2, 0) is 6.54 Å². The van der Waals surface area contributed by atoms with Gasteiger partial charge in [0, 0.05) is 23.7 Å². The van der Waals surface area contributed by atoms with Crippen LogP contribution in [0.15, 0.2) is 35.3 Å². The number of pyridine rings is 1. The third kappa shape index (κ3) is 4.66. The van der Waals surface area contributed by atoms with Gasteiger partial charge in [-0.25, -0.2) is 13.8 Å². The van der Waals surface area contributed by atoms with Crippen molar-refractivity contribution in [3.05, 3.63) is 52.5 Å². The predicted octanol–water partition coefficient (Wildman–Crippen LogP) is 2.04. The van der Waals surface area contributed by atoms with Crippen molar-refractivity contribution in [2.75, 3.05) is 11.9 Å². The Kier molecular flexibility index (Phi) is 6.04. The number of anilines is 1. The van der Waals surface area contributed by atoms with Crippen LogP contribution in [0.25, 0.3) is 11.0 Å². The molecular weight excluding hydrogens is 386 g/mol. The van der Waals surface area contributed by atoms with Gasteiger partial charge in [-0.1, -0.05) is 0 Å². The molecule has 154 valence electrons. The van der Waals surface area contributed by atoms with Crippen LogP contribution in [0.4, 0.5) is 14.7 Å². The minimum absolute atomic E-state index is 0.0928. The molecule has 2 atom stereocenters. The van der Waals surface area contributed by atoms with Crippen LogP contribution < -0.4 is 15.6 Å². The summed E-state index contributed by atoms with van der Waals surface area (Å²) in [7, 11) is 0. The zero-order valence-electron chi connectivity index (χ0n) is 15.8. The van der Waals surface area contributed by atoms with Gasteiger partial charge in [-0.05, 0) is 32.0 Å². The fourth-order valence-corrected chi connectivity index (χ4v) is 2.65. The monoisotopic (exact) mass is 406 g/mol. The lowest BCUT2D eigenvalue weighted by Gasteiger charge is -2.16. The lowest BCUT2D eigenvalue weighted by Crippen LogP contribution is -2.27. The molecule has 0 amide bonds. The lowest BCUT2D eigenvalue weighted by molar-refractivity contribution is 0.173. The molecule has 10 heteroatoms. The van der Waals surface area contributed by atoms with Crippen LogP contribution in [0.3, 0.4) is 0 Å². The molecule has 3 aromatic rings. The number of rotatable bonds is 7. The van der Waals surface area contributed by atoms with Gasteiger partial charge >= 0.3 is 0 Å². The van der Waals surface area contributed by atoms with Gasteiger partial charge in [0.25, 0.3) is 5.56 Å². The zero-order valence-corrected chi connectivity index (χ0v) is 15.8. The van der Waals surface area contributed by atoms with E-state index in [4.69, 9.17) is 9.84 Å². The molecular formula is C19H20F2N4O4. The number of aliphatic hydroxyl groups is 2. The molecule has 3 rings (SSSR count). The van der Waals surface area contributed by atoms with Crippen LogP contribution in [0.2, 0.25) is 0 Å². The summed E-state index contributed by atoms with van der Waals surface area (Å²) in [4.78, 5) is 21.3. The lowest BCUT2D eigenvalue weighted by atomic mass is 10.2. The standard InChI is InChI=1S/C19H20F2N4O4/c1-10(9-26)23-19-22-7-12-5-16(29-15-4-3-13(20)6-14(15)21)18(28)25(8-11(2)27)17(12)24-19/h3-7,10-11,26-27H,8-9H2,1-2H3,(H,22,23,24)/t10-,11?/m1/s1. The molecule has 0 spiro atoms. The van der Waals surface area contributed by atoms with E-state index in [1.54, 1.807) is 6.92 Å². The quantitative estimate of drug-likeness (QED) is 0.551. The van der Waals surface area contributed by atoms with E-state index in [9.17, 15) is 18.7 Å². The second-order valence-electron chi connectivity index (χ2n) is 6.65. The van der Waals surface area contributed by atoms with Crippen molar-refractivity contribution in [2.45, 2.75) is 32.5 Å². The molecule has 2 aromatic heterocycles. The Labute approximate surface area is 164 Å². The van der Waals surface area contributed by atoms with E-state index in [0.29, 0.717) is 11.5 Å². The van der Waals surface area contributed by atoms with Crippen molar-refractivity contribution in [3.8, 4) is 11.5 Å². The fraction of sp³-hybridized carbons (Fsp3) is 0.316. The molecule has 0 radical (unpaired) electrons. The summed E-state index contributed by atoms with van der Waals surface area (Å²) >= 11 is 0. The molecule has 1 unspecified atom stereocenters. The number of aliphatic hydroxyl groups excluding tert-OH is 2. The second kappa shape index (κ2) is 8.50. The molecule has 0 aliphatic rings. The van der Waals surface area contributed by atoms with E-state index in [1.165, 1.54) is 23.8 Å². The Hall–Kier alpha value is -3.11. The zero-order chi connectivity index (χ0) is 21.1. The normalized spacial score (nSPS) is 13.3. The van der Waals surface area contributed by atoms with Gasteiger partial charge in [-0.3, -0.25) is 9.36 Å². The van der Waals surface area contributed by atoms with Gasteiger partial charge in [-0.15, -0.1) is 0 Å². The highest BCUT2D eigenvalue weighted by molar-refractivity contribution is 5.77. The summed E-state index contributed by atoms with van der Waals surface area (Å²) in [6, 6.07) is 3.77. The van der Waals surface area contributed by atoms with E-state index in [1.807, 2.05) is 0 Å². The first-order valence-corrected chi connectivity index (χ1v) is 8.87. The molecule has 3 N–H and O–H groups in total. The number of hydrogen-bond acceptors (Lipinski definition) is 7. The maximum absolute atomic E-state index is 13.9. The summed E-state index contributed by atoms with van der Waals surface area (Å²) in [5.41, 5.74) is -0.424. The molecule has 0 bridgehead atoms. The van der Waals surface area contributed by atoms with Crippen LogP contribution in [0, 0.1) is 11.6 Å². The van der Waals surface area contributed by atoms with Gasteiger partial charge < -0.3 is 20.3 Å². The predicted molar refractivity (Wildman–Crippen MR) is 102 cm³/mol. The number of nitrogens with one attached hydrogen (secondary N) is 1. The van der Waals surface area contributed by atoms with E-state index in [2.05, 4.69) is 15.3 Å². The maximum Gasteiger partial charge on any atom is 0.295 e. The first kappa shape index (κ1) is 20.6. The van der Waals surface area contributed by atoms with Gasteiger partial charge in [0.05, 0.1) is 19.3 Å². The molecule has 2 heterocycles. The highest BCUT2D eigenvalue weighted by atomic mass is 19.1. The number of hydrogen-bond donors (Lipinski definition) is 3. The molecule has 8 nitrogen and oxygen atoms in total. The van der Waals surface area contributed by atoms with Crippen LogP contribution in [0.1, 0.15) is 13.8 Å². The van der Waals surface area contributed by atoms with Crippen molar-refractivity contribution >= 4 is 17.0 Å². The van der Waals surface area contributed by atoms with Gasteiger partial charge in [0.1, 0.15) is 11.5 Å². The number of nitrogens with zero attached hydrogens (tertiary/aromatic N) is 3. The average molecular weight is 406 g/mol. The molecule has 0 saturated carbocycles. The number of ether oxygens (including phenoxy) is 1.